The van der Waals surface area contributed by atoms with Crippen molar-refractivity contribution in [2.75, 3.05) is 71.0 Å². The monoisotopic (exact) mass is 968 g/mol. The minimum Gasteiger partial charge on any atom is -0.493 e. The highest BCUT2D eigenvalue weighted by Gasteiger charge is 2.35. The summed E-state index contributed by atoms with van der Waals surface area (Å²) in [7, 11) is 5.09. The number of likely N-dealkylation sites (tertiary alicyclic amines) is 2. The second-order valence-corrected chi connectivity index (χ2v) is 19.1. The van der Waals surface area contributed by atoms with Gasteiger partial charge in [-0.2, -0.15) is 0 Å². The zero-order valence-electron chi connectivity index (χ0n) is 38.2. The second-order valence-electron chi connectivity index (χ2n) is 16.5. The number of benzene rings is 2. The van der Waals surface area contributed by atoms with E-state index in [1.54, 1.807) is 27.7 Å². The number of carbonyl (C=O) groups excluding carboxylic acids is 4. The minimum absolute atomic E-state index is 0.0305. The maximum atomic E-state index is 14.0. The Hall–Kier alpha value is -6.23. The number of aliphatic hydroxyl groups excluding tert-OH is 2. The quantitative estimate of drug-likeness (QED) is 0.0290. The largest absolute Gasteiger partial charge is 0.493 e. The molecular formula is C45H56N6O14S2. The summed E-state index contributed by atoms with van der Waals surface area (Å²) in [5, 5.41) is 36.6. The van der Waals surface area contributed by atoms with Crippen LogP contribution in [0.3, 0.4) is 0 Å². The molecule has 20 nitrogen and oxygen atoms in total. The topological polar surface area (TPSA) is 251 Å². The van der Waals surface area contributed by atoms with Gasteiger partial charge >= 0.3 is 17.9 Å². The summed E-state index contributed by atoms with van der Waals surface area (Å²) in [5.41, 5.74) is 0.766. The van der Waals surface area contributed by atoms with Crippen LogP contribution in [0.5, 0.6) is 23.0 Å². The van der Waals surface area contributed by atoms with E-state index in [1.165, 1.54) is 77.4 Å². The lowest BCUT2D eigenvalue weighted by Gasteiger charge is -2.25. The van der Waals surface area contributed by atoms with Gasteiger partial charge in [0.1, 0.15) is 12.2 Å². The molecule has 5 rings (SSSR count). The number of hydrogen-bond acceptors (Lipinski definition) is 17. The number of pyridine rings is 1. The summed E-state index contributed by atoms with van der Waals surface area (Å²) >= 11 is 0. The summed E-state index contributed by atoms with van der Waals surface area (Å²) in [6.07, 6.45) is 0.841. The second kappa shape index (κ2) is 23.5. The van der Waals surface area contributed by atoms with Crippen molar-refractivity contribution in [3.63, 3.8) is 0 Å². The first-order valence-electron chi connectivity index (χ1n) is 21.1. The molecule has 0 bridgehead atoms. The van der Waals surface area contributed by atoms with Crippen LogP contribution in [0.15, 0.2) is 71.9 Å². The predicted molar refractivity (Wildman–Crippen MR) is 252 cm³/mol. The number of hydrogen-bond donors (Lipinski definition) is 4. The molecule has 0 saturated carbocycles. The first-order chi connectivity index (χ1) is 31.9. The van der Waals surface area contributed by atoms with Gasteiger partial charge in [0, 0.05) is 49.2 Å². The Kier molecular flexibility index (Phi) is 18.1. The van der Waals surface area contributed by atoms with E-state index in [0.29, 0.717) is 12.8 Å². The SMILES string of the molecule is C=C1C[C@@H](CO)N(C(=O)c2cc(OC)c(OCCCOc3cc(NC(=O)OC(C)(C)C)c(C(=O)N4CC(=C)C[C@H]4CO)cc3OC)cc2NC(=O)OC[C@@H](C)SSc2ncccc2[N+](=O)[O-])C1. The average molecular weight is 969 g/mol. The van der Waals surface area contributed by atoms with E-state index >= 15 is 0 Å². The van der Waals surface area contributed by atoms with Gasteiger partial charge in [-0.05, 0) is 69.5 Å². The van der Waals surface area contributed by atoms with Gasteiger partial charge in [-0.1, -0.05) is 35.1 Å². The van der Waals surface area contributed by atoms with Crippen LogP contribution in [0.1, 0.15) is 67.7 Å². The number of nitrogens with one attached hydrogen (secondary N) is 2. The van der Waals surface area contributed by atoms with E-state index in [4.69, 9.17) is 28.4 Å². The van der Waals surface area contributed by atoms with Crippen LogP contribution in [0.2, 0.25) is 0 Å². The normalized spacial score (nSPS) is 16.3. The molecule has 0 unspecified atom stereocenters. The maximum absolute atomic E-state index is 14.0. The van der Waals surface area contributed by atoms with Crippen LogP contribution in [0.25, 0.3) is 0 Å². The molecule has 362 valence electrons. The molecule has 2 aliphatic rings. The summed E-state index contributed by atoms with van der Waals surface area (Å²) < 4.78 is 34.4. The molecule has 2 fully saturated rings. The number of nitrogens with zero attached hydrogens (tertiary/aromatic N) is 4. The van der Waals surface area contributed by atoms with Gasteiger partial charge in [-0.15, -0.1) is 0 Å². The molecule has 3 aromatic rings. The number of aromatic nitrogens is 1. The Morgan fingerprint density at radius 1 is 0.866 bits per heavy atom. The molecular weight excluding hydrogens is 913 g/mol. The van der Waals surface area contributed by atoms with Crippen molar-refractivity contribution in [1.82, 2.24) is 14.8 Å². The van der Waals surface area contributed by atoms with Gasteiger partial charge in [0.25, 0.3) is 11.8 Å². The zero-order chi connectivity index (χ0) is 49.0. The first kappa shape index (κ1) is 51.7. The highest BCUT2D eigenvalue weighted by atomic mass is 33.1. The average Bonchev–Trinajstić information content (AvgIpc) is 3.87. The van der Waals surface area contributed by atoms with Crippen LogP contribution in [0, 0.1) is 10.1 Å². The molecule has 3 heterocycles. The zero-order valence-corrected chi connectivity index (χ0v) is 39.8. The van der Waals surface area contributed by atoms with Gasteiger partial charge in [-0.3, -0.25) is 30.3 Å². The number of carbonyl (C=O) groups is 4. The molecule has 0 aliphatic carbocycles. The third kappa shape index (κ3) is 13.9. The fourth-order valence-electron chi connectivity index (χ4n) is 7.01. The molecule has 1 aromatic heterocycles. The fraction of sp³-hybridized carbons (Fsp3) is 0.444. The number of nitro groups is 1. The number of anilines is 2. The Morgan fingerprint density at radius 2 is 1.37 bits per heavy atom. The number of ether oxygens (including phenoxy) is 6. The molecule has 2 aromatic carbocycles. The van der Waals surface area contributed by atoms with Crippen molar-refractivity contribution in [1.29, 1.82) is 0 Å². The van der Waals surface area contributed by atoms with Gasteiger partial charge < -0.3 is 48.4 Å². The van der Waals surface area contributed by atoms with Crippen molar-refractivity contribution < 1.29 is 62.7 Å². The minimum atomic E-state index is -0.898. The highest BCUT2D eigenvalue weighted by Crippen LogP contribution is 2.40. The van der Waals surface area contributed by atoms with E-state index in [9.17, 15) is 39.5 Å². The van der Waals surface area contributed by atoms with Crippen molar-refractivity contribution >= 4 is 62.7 Å². The molecule has 2 aliphatic heterocycles. The predicted octanol–water partition coefficient (Wildman–Crippen LogP) is 7.11. The number of methoxy groups -OCH3 is 2. The van der Waals surface area contributed by atoms with E-state index in [1.807, 2.05) is 0 Å². The Balaban J connectivity index is 1.31. The van der Waals surface area contributed by atoms with E-state index in [0.717, 1.165) is 21.9 Å². The Morgan fingerprint density at radius 3 is 1.84 bits per heavy atom. The van der Waals surface area contributed by atoms with Crippen LogP contribution >= 0.6 is 21.6 Å². The third-order valence-electron chi connectivity index (χ3n) is 10.1. The molecule has 4 amide bonds. The summed E-state index contributed by atoms with van der Waals surface area (Å²) in [5.74, 6) is -0.274. The van der Waals surface area contributed by atoms with Crippen molar-refractivity contribution in [3.05, 3.63) is 88.1 Å². The van der Waals surface area contributed by atoms with E-state index < -0.39 is 46.6 Å². The summed E-state index contributed by atoms with van der Waals surface area (Å²) in [6, 6.07) is 7.53. The number of rotatable bonds is 20. The smallest absolute Gasteiger partial charge is 0.412 e. The Labute approximate surface area is 395 Å². The maximum Gasteiger partial charge on any atom is 0.412 e. The van der Waals surface area contributed by atoms with Gasteiger partial charge in [0.2, 0.25) is 0 Å². The molecule has 22 heteroatoms. The van der Waals surface area contributed by atoms with Crippen molar-refractivity contribution in [2.24, 2.45) is 0 Å². The van der Waals surface area contributed by atoms with Crippen LogP contribution in [-0.2, 0) is 9.47 Å². The lowest BCUT2D eigenvalue weighted by atomic mass is 10.1. The highest BCUT2D eigenvalue weighted by molar-refractivity contribution is 8.77. The molecule has 0 radical (unpaired) electrons. The summed E-state index contributed by atoms with van der Waals surface area (Å²) in [6.45, 7) is 14.6. The van der Waals surface area contributed by atoms with E-state index in [2.05, 4.69) is 28.8 Å². The number of amides is 4. The Bertz CT molecular complexity index is 2340. The summed E-state index contributed by atoms with van der Waals surface area (Å²) in [4.78, 5) is 72.0. The standard InChI is InChI=1S/C45H56N6O14S2/c1-26-15-29(23-52)49(21-26)41(54)31-17-36(60-7)38(19-33(31)47-43(56)64-25-28(3)66-67-40-35(51(58)59)11-9-12-46-40)62-13-10-14-63-39-20-34(48-44(57)65-45(4,5)6)32(18-37(39)61-8)42(55)50-22-27(2)16-30(50)24-53/h9,11-12,17-20,28-30,52-53H,1-2,10,13-16,21-25H2,3-8H3,(H,47,56)(H,48,57)/t28-,29+,30+/m1/s1. The molecule has 0 spiro atoms. The third-order valence-corrected chi connectivity index (χ3v) is 12.9. The lowest BCUT2D eigenvalue weighted by molar-refractivity contribution is -0.388. The molecule has 3 atom stereocenters. The van der Waals surface area contributed by atoms with Crippen LogP contribution in [0.4, 0.5) is 26.7 Å². The van der Waals surface area contributed by atoms with Gasteiger partial charge in [-0.25, -0.2) is 14.6 Å². The van der Waals surface area contributed by atoms with Crippen LogP contribution < -0.4 is 29.6 Å². The molecule has 67 heavy (non-hydrogen) atoms. The van der Waals surface area contributed by atoms with Gasteiger partial charge in [0.05, 0.1) is 80.2 Å². The lowest BCUT2D eigenvalue weighted by Crippen LogP contribution is -2.38. The number of aliphatic hydroxyl groups is 2. The molecule has 4 N–H and O–H groups in total. The van der Waals surface area contributed by atoms with Crippen molar-refractivity contribution in [3.8, 4) is 23.0 Å². The van der Waals surface area contributed by atoms with Crippen LogP contribution in [-0.4, -0.2) is 137 Å². The molecule has 2 saturated heterocycles. The fourth-order valence-corrected chi connectivity index (χ4v) is 9.04. The van der Waals surface area contributed by atoms with E-state index in [-0.39, 0.29) is 114 Å². The van der Waals surface area contributed by atoms with Gasteiger partial charge in [0.15, 0.2) is 28.0 Å². The van der Waals surface area contributed by atoms with Crippen molar-refractivity contribution in [2.45, 2.75) is 74.9 Å². The first-order valence-corrected chi connectivity index (χ1v) is 23.3.